The first-order valence-electron chi connectivity index (χ1n) is 6.38. The van der Waals surface area contributed by atoms with Gasteiger partial charge in [0.15, 0.2) is 0 Å². The van der Waals surface area contributed by atoms with Crippen LogP contribution in [0.2, 0.25) is 0 Å². The number of fused-ring (bicyclic) bond motifs is 1. The van der Waals surface area contributed by atoms with Gasteiger partial charge in [0.2, 0.25) is 5.91 Å². The number of nitro benzene ring substituents is 1. The van der Waals surface area contributed by atoms with Crippen molar-refractivity contribution in [3.8, 4) is 0 Å². The number of carbonyl (C=O) groups excluding carboxylic acids is 1. The molecule has 1 amide bonds. The highest BCUT2D eigenvalue weighted by Gasteiger charge is 2.23. The standard InChI is InChI=1S/C13H17N3O3S/c1-8(7-20-2)14-11-5-9-3-4-13(17)15-10(9)6-12(11)16(18)19/h5-6,8,14H,3-4,7H2,1-2H3,(H,15,17). The van der Waals surface area contributed by atoms with Crippen LogP contribution in [0.3, 0.4) is 0 Å². The minimum absolute atomic E-state index is 0.00102. The van der Waals surface area contributed by atoms with Crippen LogP contribution < -0.4 is 10.6 Å². The third-order valence-corrected chi connectivity index (χ3v) is 3.97. The van der Waals surface area contributed by atoms with E-state index in [-0.39, 0.29) is 17.6 Å². The summed E-state index contributed by atoms with van der Waals surface area (Å²) in [6.07, 6.45) is 3.03. The van der Waals surface area contributed by atoms with Crippen LogP contribution >= 0.6 is 11.8 Å². The normalized spacial score (nSPS) is 15.2. The Balaban J connectivity index is 2.35. The molecule has 1 aromatic carbocycles. The highest BCUT2D eigenvalue weighted by molar-refractivity contribution is 7.98. The summed E-state index contributed by atoms with van der Waals surface area (Å²) in [7, 11) is 0. The minimum atomic E-state index is -0.421. The Labute approximate surface area is 121 Å². The van der Waals surface area contributed by atoms with E-state index in [1.165, 1.54) is 6.07 Å². The number of nitrogens with one attached hydrogen (secondary N) is 2. The third-order valence-electron chi connectivity index (χ3n) is 3.13. The quantitative estimate of drug-likeness (QED) is 0.644. The van der Waals surface area contributed by atoms with Crippen molar-refractivity contribution >= 4 is 34.7 Å². The summed E-state index contributed by atoms with van der Waals surface area (Å²) in [4.78, 5) is 22.1. The number of thioether (sulfide) groups is 1. The summed E-state index contributed by atoms with van der Waals surface area (Å²) in [5.74, 6) is 0.772. The molecule has 1 heterocycles. The summed E-state index contributed by atoms with van der Waals surface area (Å²) in [6, 6.07) is 3.37. The first-order valence-corrected chi connectivity index (χ1v) is 7.77. The molecule has 0 fully saturated rings. The number of amides is 1. The largest absolute Gasteiger partial charge is 0.376 e. The van der Waals surface area contributed by atoms with Gasteiger partial charge in [-0.1, -0.05) is 0 Å². The van der Waals surface area contributed by atoms with E-state index in [1.807, 2.05) is 13.2 Å². The third kappa shape index (κ3) is 3.22. The molecule has 0 radical (unpaired) electrons. The Morgan fingerprint density at radius 1 is 1.50 bits per heavy atom. The number of rotatable bonds is 5. The Hall–Kier alpha value is -1.76. The molecule has 7 heteroatoms. The molecule has 0 aromatic heterocycles. The van der Waals surface area contributed by atoms with Gasteiger partial charge in [0.05, 0.1) is 10.6 Å². The molecule has 0 spiro atoms. The Morgan fingerprint density at radius 3 is 2.90 bits per heavy atom. The van der Waals surface area contributed by atoms with E-state index in [2.05, 4.69) is 10.6 Å². The van der Waals surface area contributed by atoms with Crippen molar-refractivity contribution in [1.82, 2.24) is 0 Å². The Kier molecular flexibility index (Phi) is 4.49. The number of nitro groups is 1. The van der Waals surface area contributed by atoms with Crippen LogP contribution in [0.4, 0.5) is 17.1 Å². The van der Waals surface area contributed by atoms with Crippen molar-refractivity contribution < 1.29 is 9.72 Å². The molecular formula is C13H17N3O3S. The second-order valence-electron chi connectivity index (χ2n) is 4.83. The zero-order valence-electron chi connectivity index (χ0n) is 11.4. The molecule has 2 rings (SSSR count). The van der Waals surface area contributed by atoms with E-state index < -0.39 is 4.92 Å². The molecule has 0 aliphatic carbocycles. The molecule has 6 nitrogen and oxygen atoms in total. The highest BCUT2D eigenvalue weighted by Crippen LogP contribution is 2.34. The monoisotopic (exact) mass is 295 g/mol. The number of benzene rings is 1. The second kappa shape index (κ2) is 6.13. The molecule has 1 aliphatic rings. The molecule has 2 N–H and O–H groups in total. The minimum Gasteiger partial charge on any atom is -0.376 e. The molecule has 20 heavy (non-hydrogen) atoms. The maximum Gasteiger partial charge on any atom is 0.294 e. The number of anilines is 2. The van der Waals surface area contributed by atoms with Gasteiger partial charge in [0.25, 0.3) is 5.69 Å². The topological polar surface area (TPSA) is 84.3 Å². The Morgan fingerprint density at radius 2 is 2.25 bits per heavy atom. The molecule has 108 valence electrons. The van der Waals surface area contributed by atoms with Gasteiger partial charge in [0.1, 0.15) is 5.69 Å². The molecule has 0 bridgehead atoms. The van der Waals surface area contributed by atoms with Crippen molar-refractivity contribution in [3.63, 3.8) is 0 Å². The van der Waals surface area contributed by atoms with Crippen molar-refractivity contribution in [2.24, 2.45) is 0 Å². The molecule has 1 aliphatic heterocycles. The van der Waals surface area contributed by atoms with Crippen LogP contribution in [-0.2, 0) is 11.2 Å². The fourth-order valence-corrected chi connectivity index (χ4v) is 2.82. The maximum absolute atomic E-state index is 11.4. The van der Waals surface area contributed by atoms with Crippen LogP contribution in [0.15, 0.2) is 12.1 Å². The van der Waals surface area contributed by atoms with Crippen LogP contribution in [-0.4, -0.2) is 28.9 Å². The van der Waals surface area contributed by atoms with Crippen LogP contribution in [0.1, 0.15) is 18.9 Å². The van der Waals surface area contributed by atoms with Gasteiger partial charge in [-0.2, -0.15) is 11.8 Å². The summed E-state index contributed by atoms with van der Waals surface area (Å²) in [5.41, 5.74) is 2.01. The van der Waals surface area contributed by atoms with E-state index in [0.717, 1.165) is 11.3 Å². The van der Waals surface area contributed by atoms with E-state index in [1.54, 1.807) is 17.8 Å². The van der Waals surface area contributed by atoms with Gasteiger partial charge >= 0.3 is 0 Å². The fraction of sp³-hybridized carbons (Fsp3) is 0.462. The van der Waals surface area contributed by atoms with Crippen molar-refractivity contribution in [2.75, 3.05) is 22.6 Å². The predicted octanol–water partition coefficient (Wildman–Crippen LogP) is 2.64. The van der Waals surface area contributed by atoms with Crippen molar-refractivity contribution in [1.29, 1.82) is 0 Å². The number of aryl methyl sites for hydroxylation is 1. The summed E-state index contributed by atoms with van der Waals surface area (Å²) >= 11 is 1.68. The number of nitrogens with zero attached hydrogens (tertiary/aromatic N) is 1. The Bertz CT molecular complexity index is 548. The summed E-state index contributed by atoms with van der Waals surface area (Å²) in [6.45, 7) is 1.99. The van der Waals surface area contributed by atoms with E-state index in [9.17, 15) is 14.9 Å². The van der Waals surface area contributed by atoms with Gasteiger partial charge in [-0.15, -0.1) is 0 Å². The number of hydrogen-bond donors (Lipinski definition) is 2. The number of hydrogen-bond acceptors (Lipinski definition) is 5. The highest BCUT2D eigenvalue weighted by atomic mass is 32.2. The van der Waals surface area contributed by atoms with Crippen molar-refractivity contribution in [3.05, 3.63) is 27.8 Å². The van der Waals surface area contributed by atoms with E-state index in [4.69, 9.17) is 0 Å². The molecule has 0 saturated carbocycles. The lowest BCUT2D eigenvalue weighted by molar-refractivity contribution is -0.383. The van der Waals surface area contributed by atoms with Gasteiger partial charge in [-0.3, -0.25) is 14.9 Å². The molecule has 1 unspecified atom stereocenters. The smallest absolute Gasteiger partial charge is 0.294 e. The first kappa shape index (κ1) is 14.6. The lowest BCUT2D eigenvalue weighted by Crippen LogP contribution is -2.21. The van der Waals surface area contributed by atoms with Crippen LogP contribution in [0, 0.1) is 10.1 Å². The second-order valence-corrected chi connectivity index (χ2v) is 5.74. The zero-order valence-corrected chi connectivity index (χ0v) is 12.3. The van der Waals surface area contributed by atoms with E-state index >= 15 is 0 Å². The average molecular weight is 295 g/mol. The number of carbonyl (C=O) groups is 1. The maximum atomic E-state index is 11.4. The lowest BCUT2D eigenvalue weighted by Gasteiger charge is -2.20. The zero-order chi connectivity index (χ0) is 14.7. The SMILES string of the molecule is CSCC(C)Nc1cc2c(cc1[N+](=O)[O-])NC(=O)CC2. The van der Waals surface area contributed by atoms with E-state index in [0.29, 0.717) is 24.2 Å². The van der Waals surface area contributed by atoms with Gasteiger partial charge in [0, 0.05) is 24.3 Å². The van der Waals surface area contributed by atoms with Gasteiger partial charge in [-0.05, 0) is 31.2 Å². The molecule has 1 atom stereocenters. The van der Waals surface area contributed by atoms with Crippen LogP contribution in [0.25, 0.3) is 0 Å². The fourth-order valence-electron chi connectivity index (χ4n) is 2.24. The molecule has 0 saturated heterocycles. The van der Waals surface area contributed by atoms with Gasteiger partial charge < -0.3 is 10.6 Å². The van der Waals surface area contributed by atoms with Crippen LogP contribution in [0.5, 0.6) is 0 Å². The average Bonchev–Trinajstić information content (AvgIpc) is 2.38. The molecular weight excluding hydrogens is 278 g/mol. The van der Waals surface area contributed by atoms with Crippen molar-refractivity contribution in [2.45, 2.75) is 25.8 Å². The molecule has 1 aromatic rings. The predicted molar refractivity (Wildman–Crippen MR) is 81.5 cm³/mol. The first-order chi connectivity index (χ1) is 9.51. The van der Waals surface area contributed by atoms with Gasteiger partial charge in [-0.25, -0.2) is 0 Å². The lowest BCUT2D eigenvalue weighted by atomic mass is 10.0. The summed E-state index contributed by atoms with van der Waals surface area (Å²) in [5, 5.41) is 17.0. The summed E-state index contributed by atoms with van der Waals surface area (Å²) < 4.78 is 0.